The first-order valence-corrected chi connectivity index (χ1v) is 6.44. The fourth-order valence-corrected chi connectivity index (χ4v) is 2.32. The van der Waals surface area contributed by atoms with Crippen molar-refractivity contribution in [2.45, 2.75) is 6.54 Å². The van der Waals surface area contributed by atoms with E-state index in [0.29, 0.717) is 0 Å². The summed E-state index contributed by atoms with van der Waals surface area (Å²) < 4.78 is 5.36. The van der Waals surface area contributed by atoms with Gasteiger partial charge in [0.1, 0.15) is 0 Å². The van der Waals surface area contributed by atoms with Crippen LogP contribution in [0.15, 0.2) is 42.6 Å². The Hall–Kier alpha value is -1.58. The fourth-order valence-electron chi connectivity index (χ4n) is 2.32. The largest absolute Gasteiger partial charge is 0.379 e. The van der Waals surface area contributed by atoms with E-state index in [1.165, 1.54) is 16.8 Å². The van der Waals surface area contributed by atoms with Crippen molar-refractivity contribution in [2.75, 3.05) is 26.3 Å². The van der Waals surface area contributed by atoms with Crippen molar-refractivity contribution in [3.05, 3.63) is 48.2 Å². The molecule has 1 N–H and O–H groups in total. The molecule has 3 heteroatoms. The highest BCUT2D eigenvalue weighted by Gasteiger charge is 2.10. The SMILES string of the molecule is c1c[nH]c(-c2ccc(CN3CCOCC3)cc2)c1. The second kappa shape index (κ2) is 5.38. The molecular formula is C15H18N2O. The molecule has 0 unspecified atom stereocenters. The van der Waals surface area contributed by atoms with Gasteiger partial charge in [0, 0.05) is 31.5 Å². The van der Waals surface area contributed by atoms with Gasteiger partial charge in [0.15, 0.2) is 0 Å². The molecule has 1 fully saturated rings. The first-order valence-electron chi connectivity index (χ1n) is 6.44. The van der Waals surface area contributed by atoms with Crippen LogP contribution < -0.4 is 0 Å². The molecule has 0 aliphatic carbocycles. The van der Waals surface area contributed by atoms with E-state index >= 15 is 0 Å². The van der Waals surface area contributed by atoms with Crippen molar-refractivity contribution in [3.8, 4) is 11.3 Å². The minimum atomic E-state index is 0.862. The maximum Gasteiger partial charge on any atom is 0.0594 e. The molecule has 0 spiro atoms. The van der Waals surface area contributed by atoms with E-state index in [-0.39, 0.29) is 0 Å². The lowest BCUT2D eigenvalue weighted by Gasteiger charge is -2.26. The number of ether oxygens (including phenoxy) is 1. The van der Waals surface area contributed by atoms with Crippen LogP contribution in [0, 0.1) is 0 Å². The number of benzene rings is 1. The van der Waals surface area contributed by atoms with E-state index in [1.807, 2.05) is 12.3 Å². The third-order valence-electron chi connectivity index (χ3n) is 3.37. The van der Waals surface area contributed by atoms with Gasteiger partial charge in [-0.15, -0.1) is 0 Å². The summed E-state index contributed by atoms with van der Waals surface area (Å²) in [7, 11) is 0. The van der Waals surface area contributed by atoms with E-state index in [4.69, 9.17) is 4.74 Å². The highest BCUT2D eigenvalue weighted by molar-refractivity contribution is 5.59. The van der Waals surface area contributed by atoms with Gasteiger partial charge in [0.2, 0.25) is 0 Å². The zero-order valence-corrected chi connectivity index (χ0v) is 10.4. The van der Waals surface area contributed by atoms with E-state index in [9.17, 15) is 0 Å². The molecule has 1 aliphatic rings. The third kappa shape index (κ3) is 2.63. The summed E-state index contributed by atoms with van der Waals surface area (Å²) in [5, 5.41) is 0. The molecule has 3 rings (SSSR count). The number of hydrogen-bond donors (Lipinski definition) is 1. The van der Waals surface area contributed by atoms with E-state index in [2.05, 4.69) is 40.2 Å². The number of aromatic amines is 1. The number of hydrogen-bond acceptors (Lipinski definition) is 2. The predicted octanol–water partition coefficient (Wildman–Crippen LogP) is 2.51. The number of rotatable bonds is 3. The van der Waals surface area contributed by atoms with Gasteiger partial charge < -0.3 is 9.72 Å². The van der Waals surface area contributed by atoms with Gasteiger partial charge in [0.25, 0.3) is 0 Å². The zero-order valence-electron chi connectivity index (χ0n) is 10.4. The molecule has 1 aromatic carbocycles. The van der Waals surface area contributed by atoms with Crippen LogP contribution >= 0.6 is 0 Å². The molecule has 1 aromatic heterocycles. The molecule has 0 amide bonds. The van der Waals surface area contributed by atoms with Crippen molar-refractivity contribution in [3.63, 3.8) is 0 Å². The van der Waals surface area contributed by atoms with Crippen molar-refractivity contribution < 1.29 is 4.74 Å². The van der Waals surface area contributed by atoms with Gasteiger partial charge in [0.05, 0.1) is 13.2 Å². The second-order valence-electron chi connectivity index (χ2n) is 4.67. The highest BCUT2D eigenvalue weighted by atomic mass is 16.5. The van der Waals surface area contributed by atoms with Crippen LogP contribution in [0.2, 0.25) is 0 Å². The molecule has 18 heavy (non-hydrogen) atoms. The maximum atomic E-state index is 5.36. The molecule has 3 nitrogen and oxygen atoms in total. The quantitative estimate of drug-likeness (QED) is 0.895. The normalized spacial score (nSPS) is 16.9. The second-order valence-corrected chi connectivity index (χ2v) is 4.67. The Bertz CT molecular complexity index is 470. The molecule has 0 atom stereocenters. The molecule has 0 radical (unpaired) electrons. The summed E-state index contributed by atoms with van der Waals surface area (Å²) in [5.41, 5.74) is 3.78. The summed E-state index contributed by atoms with van der Waals surface area (Å²) in [6.07, 6.45) is 1.96. The minimum absolute atomic E-state index is 0.862. The minimum Gasteiger partial charge on any atom is -0.379 e. The van der Waals surface area contributed by atoms with Gasteiger partial charge in [-0.3, -0.25) is 4.90 Å². The Morgan fingerprint density at radius 2 is 1.83 bits per heavy atom. The Kier molecular flexibility index (Phi) is 3.44. The molecule has 0 saturated carbocycles. The van der Waals surface area contributed by atoms with Crippen molar-refractivity contribution in [1.29, 1.82) is 0 Å². The topological polar surface area (TPSA) is 28.3 Å². The molecule has 1 aliphatic heterocycles. The van der Waals surface area contributed by atoms with Gasteiger partial charge in [-0.25, -0.2) is 0 Å². The summed E-state index contributed by atoms with van der Waals surface area (Å²) in [6, 6.07) is 12.9. The molecule has 0 bridgehead atoms. The lowest BCUT2D eigenvalue weighted by Crippen LogP contribution is -2.35. The van der Waals surface area contributed by atoms with Gasteiger partial charge in [-0.1, -0.05) is 24.3 Å². The summed E-state index contributed by atoms with van der Waals surface area (Å²) in [6.45, 7) is 4.83. The number of aromatic nitrogens is 1. The number of H-pyrrole nitrogens is 1. The smallest absolute Gasteiger partial charge is 0.0594 e. The highest BCUT2D eigenvalue weighted by Crippen LogP contribution is 2.18. The van der Waals surface area contributed by atoms with Gasteiger partial charge in [-0.05, 0) is 23.3 Å². The van der Waals surface area contributed by atoms with Crippen LogP contribution in [0.25, 0.3) is 11.3 Å². The van der Waals surface area contributed by atoms with Crippen LogP contribution in [-0.4, -0.2) is 36.2 Å². The molecular weight excluding hydrogens is 224 g/mol. The summed E-state index contributed by atoms with van der Waals surface area (Å²) in [4.78, 5) is 5.66. The van der Waals surface area contributed by atoms with Gasteiger partial charge >= 0.3 is 0 Å². The van der Waals surface area contributed by atoms with Crippen molar-refractivity contribution in [1.82, 2.24) is 9.88 Å². The molecule has 2 aromatic rings. The number of morpholine rings is 1. The van der Waals surface area contributed by atoms with E-state index in [0.717, 1.165) is 32.8 Å². The summed E-state index contributed by atoms with van der Waals surface area (Å²) in [5.74, 6) is 0. The fraction of sp³-hybridized carbons (Fsp3) is 0.333. The first-order chi connectivity index (χ1) is 8.92. The zero-order chi connectivity index (χ0) is 12.2. The maximum absolute atomic E-state index is 5.36. The molecule has 1 saturated heterocycles. The predicted molar refractivity (Wildman–Crippen MR) is 72.3 cm³/mol. The Balaban J connectivity index is 1.67. The van der Waals surface area contributed by atoms with Gasteiger partial charge in [-0.2, -0.15) is 0 Å². The average molecular weight is 242 g/mol. The van der Waals surface area contributed by atoms with Crippen LogP contribution in [0.5, 0.6) is 0 Å². The van der Waals surface area contributed by atoms with Crippen LogP contribution in [-0.2, 0) is 11.3 Å². The number of nitrogens with zero attached hydrogens (tertiary/aromatic N) is 1. The van der Waals surface area contributed by atoms with E-state index < -0.39 is 0 Å². The Morgan fingerprint density at radius 3 is 2.50 bits per heavy atom. The van der Waals surface area contributed by atoms with Crippen LogP contribution in [0.1, 0.15) is 5.56 Å². The Labute approximate surface area is 107 Å². The summed E-state index contributed by atoms with van der Waals surface area (Å²) >= 11 is 0. The standard InChI is InChI=1S/C15H18N2O/c1-2-15(16-7-1)14-5-3-13(4-6-14)12-17-8-10-18-11-9-17/h1-7,16H,8-12H2. The molecule has 2 heterocycles. The Morgan fingerprint density at radius 1 is 1.06 bits per heavy atom. The molecule has 94 valence electrons. The van der Waals surface area contributed by atoms with Crippen molar-refractivity contribution in [2.24, 2.45) is 0 Å². The monoisotopic (exact) mass is 242 g/mol. The van der Waals surface area contributed by atoms with Crippen LogP contribution in [0.4, 0.5) is 0 Å². The first kappa shape index (κ1) is 11.5. The lowest BCUT2D eigenvalue weighted by molar-refractivity contribution is 0.0342. The third-order valence-corrected chi connectivity index (χ3v) is 3.37. The van der Waals surface area contributed by atoms with Crippen LogP contribution in [0.3, 0.4) is 0 Å². The average Bonchev–Trinajstić information content (AvgIpc) is 2.95. The number of nitrogens with one attached hydrogen (secondary N) is 1. The lowest BCUT2D eigenvalue weighted by atomic mass is 10.1. The van der Waals surface area contributed by atoms with E-state index in [1.54, 1.807) is 0 Å². The van der Waals surface area contributed by atoms with Crippen molar-refractivity contribution >= 4 is 0 Å².